The molecule has 6 heteroatoms. The first-order valence-electron chi connectivity index (χ1n) is 5.41. The zero-order chi connectivity index (χ0) is 13.7. The SMILES string of the molecule is COC(=O)C(C)CSc1ccc([N+](=O)[O-])cc1C. The Bertz CT molecular complexity index is 461. The molecule has 0 aliphatic rings. The fraction of sp³-hybridized carbons (Fsp3) is 0.417. The molecule has 0 aliphatic heterocycles. The summed E-state index contributed by atoms with van der Waals surface area (Å²) in [6.07, 6.45) is 0. The highest BCUT2D eigenvalue weighted by Crippen LogP contribution is 2.27. The zero-order valence-electron chi connectivity index (χ0n) is 10.5. The lowest BCUT2D eigenvalue weighted by atomic mass is 10.2. The highest BCUT2D eigenvalue weighted by Gasteiger charge is 2.15. The average Bonchev–Trinajstić information content (AvgIpc) is 2.35. The summed E-state index contributed by atoms with van der Waals surface area (Å²) >= 11 is 1.50. The number of carbonyl (C=O) groups excluding carboxylic acids is 1. The van der Waals surface area contributed by atoms with Gasteiger partial charge in [-0.1, -0.05) is 6.92 Å². The van der Waals surface area contributed by atoms with Gasteiger partial charge in [0.05, 0.1) is 18.0 Å². The van der Waals surface area contributed by atoms with E-state index in [4.69, 9.17) is 0 Å². The van der Waals surface area contributed by atoms with E-state index in [2.05, 4.69) is 4.74 Å². The van der Waals surface area contributed by atoms with Gasteiger partial charge in [-0.3, -0.25) is 14.9 Å². The number of esters is 1. The second-order valence-corrected chi connectivity index (χ2v) is 5.00. The second kappa shape index (κ2) is 6.39. The number of carbonyl (C=O) groups is 1. The molecule has 0 fully saturated rings. The molecular formula is C12H15NO4S. The number of methoxy groups -OCH3 is 1. The van der Waals surface area contributed by atoms with Crippen molar-refractivity contribution in [1.29, 1.82) is 0 Å². The average molecular weight is 269 g/mol. The topological polar surface area (TPSA) is 69.4 Å². The maximum absolute atomic E-state index is 11.2. The Morgan fingerprint density at radius 3 is 2.72 bits per heavy atom. The van der Waals surface area contributed by atoms with Gasteiger partial charge in [-0.05, 0) is 18.6 Å². The minimum atomic E-state index is -0.418. The highest BCUT2D eigenvalue weighted by molar-refractivity contribution is 7.99. The van der Waals surface area contributed by atoms with Crippen molar-refractivity contribution in [2.75, 3.05) is 12.9 Å². The molecule has 1 aromatic rings. The molecule has 1 atom stereocenters. The molecule has 0 saturated heterocycles. The van der Waals surface area contributed by atoms with Gasteiger partial charge in [0.25, 0.3) is 5.69 Å². The number of ether oxygens (including phenoxy) is 1. The molecule has 1 rings (SSSR count). The molecule has 0 saturated carbocycles. The molecule has 0 aliphatic carbocycles. The second-order valence-electron chi connectivity index (χ2n) is 3.94. The third-order valence-electron chi connectivity index (χ3n) is 2.46. The number of rotatable bonds is 5. The summed E-state index contributed by atoms with van der Waals surface area (Å²) in [4.78, 5) is 22.4. The lowest BCUT2D eigenvalue weighted by Crippen LogP contribution is -2.14. The van der Waals surface area contributed by atoms with Gasteiger partial charge in [-0.2, -0.15) is 0 Å². The third-order valence-corrected chi connectivity index (χ3v) is 3.90. The first-order chi connectivity index (χ1) is 8.45. The maximum atomic E-state index is 11.2. The van der Waals surface area contributed by atoms with Crippen LogP contribution in [0.5, 0.6) is 0 Å². The Kier molecular flexibility index (Phi) is 5.15. The molecule has 18 heavy (non-hydrogen) atoms. The molecule has 0 bridgehead atoms. The zero-order valence-corrected chi connectivity index (χ0v) is 11.3. The molecule has 0 N–H and O–H groups in total. The van der Waals surface area contributed by atoms with E-state index in [1.165, 1.54) is 31.0 Å². The van der Waals surface area contributed by atoms with E-state index in [1.807, 2.05) is 6.92 Å². The summed E-state index contributed by atoms with van der Waals surface area (Å²) in [5, 5.41) is 10.6. The quantitative estimate of drug-likeness (QED) is 0.356. The Hall–Kier alpha value is -1.56. The number of nitrogens with zero attached hydrogens (tertiary/aromatic N) is 1. The molecule has 0 radical (unpaired) electrons. The lowest BCUT2D eigenvalue weighted by molar-refractivity contribution is -0.385. The monoisotopic (exact) mass is 269 g/mol. The van der Waals surface area contributed by atoms with Crippen LogP contribution in [0.3, 0.4) is 0 Å². The number of nitro benzene ring substituents is 1. The van der Waals surface area contributed by atoms with Crippen LogP contribution >= 0.6 is 11.8 Å². The summed E-state index contributed by atoms with van der Waals surface area (Å²) in [5.74, 6) is 0.141. The number of non-ortho nitro benzene ring substituents is 1. The van der Waals surface area contributed by atoms with E-state index in [0.717, 1.165) is 10.5 Å². The Labute approximate surface area is 110 Å². The fourth-order valence-corrected chi connectivity index (χ4v) is 2.41. The van der Waals surface area contributed by atoms with E-state index in [9.17, 15) is 14.9 Å². The predicted octanol–water partition coefficient (Wildman–Crippen LogP) is 2.80. The van der Waals surface area contributed by atoms with Crippen LogP contribution < -0.4 is 0 Å². The van der Waals surface area contributed by atoms with Crippen molar-refractivity contribution in [2.45, 2.75) is 18.7 Å². The minimum Gasteiger partial charge on any atom is -0.469 e. The first-order valence-corrected chi connectivity index (χ1v) is 6.40. The first kappa shape index (κ1) is 14.5. The van der Waals surface area contributed by atoms with Crippen LogP contribution in [0.2, 0.25) is 0 Å². The maximum Gasteiger partial charge on any atom is 0.309 e. The molecule has 1 aromatic carbocycles. The van der Waals surface area contributed by atoms with Crippen molar-refractivity contribution in [3.63, 3.8) is 0 Å². The van der Waals surface area contributed by atoms with Gasteiger partial charge in [-0.15, -0.1) is 11.8 Å². The van der Waals surface area contributed by atoms with Gasteiger partial charge in [0.2, 0.25) is 0 Å². The van der Waals surface area contributed by atoms with Gasteiger partial charge in [-0.25, -0.2) is 0 Å². The van der Waals surface area contributed by atoms with Gasteiger partial charge in [0.1, 0.15) is 0 Å². The largest absolute Gasteiger partial charge is 0.469 e. The van der Waals surface area contributed by atoms with E-state index < -0.39 is 4.92 Å². The van der Waals surface area contributed by atoms with Gasteiger partial charge >= 0.3 is 5.97 Å². The Morgan fingerprint density at radius 2 is 2.22 bits per heavy atom. The molecule has 0 heterocycles. The van der Waals surface area contributed by atoms with E-state index in [0.29, 0.717) is 5.75 Å². The van der Waals surface area contributed by atoms with Gasteiger partial charge < -0.3 is 4.74 Å². The highest BCUT2D eigenvalue weighted by atomic mass is 32.2. The van der Waals surface area contributed by atoms with Crippen LogP contribution in [0.4, 0.5) is 5.69 Å². The van der Waals surface area contributed by atoms with Crippen LogP contribution in [-0.2, 0) is 9.53 Å². The number of aryl methyl sites for hydroxylation is 1. The van der Waals surface area contributed by atoms with Crippen molar-refractivity contribution >= 4 is 23.4 Å². The number of benzene rings is 1. The summed E-state index contributed by atoms with van der Waals surface area (Å²) < 4.78 is 4.64. The summed E-state index contributed by atoms with van der Waals surface area (Å²) in [6, 6.07) is 4.71. The molecular weight excluding hydrogens is 254 g/mol. The summed E-state index contributed by atoms with van der Waals surface area (Å²) in [7, 11) is 1.36. The van der Waals surface area contributed by atoms with Crippen molar-refractivity contribution in [3.05, 3.63) is 33.9 Å². The molecule has 5 nitrogen and oxygen atoms in total. The Balaban J connectivity index is 2.69. The molecule has 0 amide bonds. The van der Waals surface area contributed by atoms with Crippen molar-refractivity contribution < 1.29 is 14.5 Å². The predicted molar refractivity (Wildman–Crippen MR) is 69.7 cm³/mol. The van der Waals surface area contributed by atoms with Crippen molar-refractivity contribution in [2.24, 2.45) is 5.92 Å². The summed E-state index contributed by atoms with van der Waals surface area (Å²) in [5.41, 5.74) is 0.920. The van der Waals surface area contributed by atoms with Crippen LogP contribution in [0, 0.1) is 23.0 Å². The van der Waals surface area contributed by atoms with Crippen LogP contribution in [0.1, 0.15) is 12.5 Å². The number of nitro groups is 1. The normalized spacial score (nSPS) is 11.9. The smallest absolute Gasteiger partial charge is 0.309 e. The van der Waals surface area contributed by atoms with Gasteiger partial charge in [0.15, 0.2) is 0 Å². The minimum absolute atomic E-state index is 0.0814. The molecule has 0 aromatic heterocycles. The van der Waals surface area contributed by atoms with Crippen LogP contribution in [0.25, 0.3) is 0 Å². The van der Waals surface area contributed by atoms with Crippen LogP contribution in [0.15, 0.2) is 23.1 Å². The van der Waals surface area contributed by atoms with E-state index >= 15 is 0 Å². The van der Waals surface area contributed by atoms with Crippen molar-refractivity contribution in [1.82, 2.24) is 0 Å². The standard InChI is InChI=1S/C12H15NO4S/c1-8-6-10(13(15)16)4-5-11(8)18-7-9(2)12(14)17-3/h4-6,9H,7H2,1-3H3. The molecule has 0 spiro atoms. The number of thioether (sulfide) groups is 1. The number of hydrogen-bond donors (Lipinski definition) is 0. The van der Waals surface area contributed by atoms with Crippen LogP contribution in [-0.4, -0.2) is 23.8 Å². The summed E-state index contributed by atoms with van der Waals surface area (Å²) in [6.45, 7) is 3.61. The molecule has 1 unspecified atom stereocenters. The third kappa shape index (κ3) is 3.73. The van der Waals surface area contributed by atoms with E-state index in [1.54, 1.807) is 13.0 Å². The molecule has 98 valence electrons. The van der Waals surface area contributed by atoms with Crippen molar-refractivity contribution in [3.8, 4) is 0 Å². The van der Waals surface area contributed by atoms with Gasteiger partial charge in [0, 0.05) is 22.8 Å². The fourth-order valence-electron chi connectivity index (χ4n) is 1.39. The van der Waals surface area contributed by atoms with E-state index in [-0.39, 0.29) is 17.6 Å². The number of hydrogen-bond acceptors (Lipinski definition) is 5. The Morgan fingerprint density at radius 1 is 1.56 bits per heavy atom. The lowest BCUT2D eigenvalue weighted by Gasteiger charge is -2.09.